The van der Waals surface area contributed by atoms with Gasteiger partial charge >= 0.3 is 0 Å². The molecule has 1 amide bonds. The number of sulfonamides is 1. The fourth-order valence-electron chi connectivity index (χ4n) is 3.03. The molecule has 1 fully saturated rings. The number of carbonyl (C=O) groups is 1. The largest absolute Gasteiger partial charge is 0.353 e. The highest BCUT2D eigenvalue weighted by Gasteiger charge is 2.32. The average Bonchev–Trinajstić information content (AvgIpc) is 2.55. The van der Waals surface area contributed by atoms with E-state index in [1.165, 1.54) is 4.31 Å². The van der Waals surface area contributed by atoms with Crippen LogP contribution in [0.3, 0.4) is 0 Å². The predicted molar refractivity (Wildman–Crippen MR) is 99.0 cm³/mol. The summed E-state index contributed by atoms with van der Waals surface area (Å²) in [4.78, 5) is 14.6. The van der Waals surface area contributed by atoms with Crippen molar-refractivity contribution in [3.8, 4) is 0 Å². The second-order valence-corrected chi connectivity index (χ2v) is 8.95. The van der Waals surface area contributed by atoms with Crippen LogP contribution in [0.5, 0.6) is 0 Å². The van der Waals surface area contributed by atoms with Gasteiger partial charge in [-0.3, -0.25) is 9.69 Å². The number of amides is 1. The zero-order valence-corrected chi connectivity index (χ0v) is 16.6. The highest BCUT2D eigenvalue weighted by atomic mass is 32.2. The molecule has 1 aliphatic rings. The molecule has 0 radical (unpaired) electrons. The van der Waals surface area contributed by atoms with Gasteiger partial charge in [0.05, 0.1) is 10.9 Å². The Morgan fingerprint density at radius 2 is 1.68 bits per heavy atom. The van der Waals surface area contributed by atoms with Crippen LogP contribution in [0, 0.1) is 13.8 Å². The molecule has 1 aromatic rings. The van der Waals surface area contributed by atoms with Crippen molar-refractivity contribution in [2.24, 2.45) is 0 Å². The van der Waals surface area contributed by atoms with Gasteiger partial charge in [-0.1, -0.05) is 12.1 Å². The summed E-state index contributed by atoms with van der Waals surface area (Å²) in [5.41, 5.74) is 1.69. The lowest BCUT2D eigenvalue weighted by Gasteiger charge is -2.37. The molecular weight excluding hydrogens is 338 g/mol. The molecule has 1 atom stereocenters. The van der Waals surface area contributed by atoms with Crippen LogP contribution in [-0.4, -0.2) is 61.8 Å². The van der Waals surface area contributed by atoms with Crippen molar-refractivity contribution in [3.05, 3.63) is 29.3 Å². The minimum absolute atomic E-state index is 0.0131. The number of hydrogen-bond donors (Lipinski definition) is 1. The maximum absolute atomic E-state index is 12.9. The summed E-state index contributed by atoms with van der Waals surface area (Å²) in [5, 5.41) is 2.91. The van der Waals surface area contributed by atoms with Gasteiger partial charge in [0.15, 0.2) is 0 Å². The molecule has 1 N–H and O–H groups in total. The average molecular weight is 368 g/mol. The van der Waals surface area contributed by atoms with Crippen molar-refractivity contribution in [3.63, 3.8) is 0 Å². The minimum atomic E-state index is -3.50. The van der Waals surface area contributed by atoms with Crippen molar-refractivity contribution in [2.75, 3.05) is 26.2 Å². The first kappa shape index (κ1) is 19.9. The molecule has 1 aromatic carbocycles. The standard InChI is InChI=1S/C18H29N3O3S/c1-13(2)19-18(22)16(5)20-8-10-21(11-9-20)25(23,24)17-12-14(3)6-7-15(17)4/h6-7,12-13,16H,8-11H2,1-5H3,(H,19,22). The highest BCUT2D eigenvalue weighted by Crippen LogP contribution is 2.22. The van der Waals surface area contributed by atoms with Crippen molar-refractivity contribution in [1.29, 1.82) is 0 Å². The van der Waals surface area contributed by atoms with Crippen molar-refractivity contribution < 1.29 is 13.2 Å². The maximum atomic E-state index is 12.9. The van der Waals surface area contributed by atoms with Crippen LogP contribution < -0.4 is 5.32 Å². The Hall–Kier alpha value is -1.44. The smallest absolute Gasteiger partial charge is 0.243 e. The molecule has 1 aliphatic heterocycles. The van der Waals surface area contributed by atoms with E-state index in [1.807, 2.05) is 51.7 Å². The van der Waals surface area contributed by atoms with E-state index >= 15 is 0 Å². The summed E-state index contributed by atoms with van der Waals surface area (Å²) in [6, 6.07) is 5.34. The lowest BCUT2D eigenvalue weighted by atomic mass is 10.2. The van der Waals surface area contributed by atoms with Crippen LogP contribution in [0.1, 0.15) is 31.9 Å². The van der Waals surface area contributed by atoms with Crippen LogP contribution in [0.2, 0.25) is 0 Å². The highest BCUT2D eigenvalue weighted by molar-refractivity contribution is 7.89. The lowest BCUT2D eigenvalue weighted by Crippen LogP contribution is -2.55. The Labute approximate surface area is 151 Å². The van der Waals surface area contributed by atoms with E-state index in [1.54, 1.807) is 6.07 Å². The van der Waals surface area contributed by atoms with Gasteiger partial charge in [-0.25, -0.2) is 8.42 Å². The topological polar surface area (TPSA) is 69.7 Å². The van der Waals surface area contributed by atoms with Crippen molar-refractivity contribution in [2.45, 2.75) is 51.6 Å². The third-order valence-corrected chi connectivity index (χ3v) is 6.63. The molecule has 0 saturated carbocycles. The quantitative estimate of drug-likeness (QED) is 0.857. The molecule has 7 heteroatoms. The molecule has 0 spiro atoms. The maximum Gasteiger partial charge on any atom is 0.243 e. The first-order valence-corrected chi connectivity index (χ1v) is 10.2. The molecular formula is C18H29N3O3S. The molecule has 6 nitrogen and oxygen atoms in total. The van der Waals surface area contributed by atoms with Crippen LogP contribution in [0.4, 0.5) is 0 Å². The number of nitrogens with zero attached hydrogens (tertiary/aromatic N) is 2. The van der Waals surface area contributed by atoms with E-state index in [2.05, 4.69) is 5.32 Å². The summed E-state index contributed by atoms with van der Waals surface area (Å²) in [5.74, 6) is -0.0131. The SMILES string of the molecule is Cc1ccc(C)c(S(=O)(=O)N2CCN(C(C)C(=O)NC(C)C)CC2)c1. The zero-order valence-electron chi connectivity index (χ0n) is 15.7. The third-order valence-electron chi connectivity index (χ3n) is 4.59. The van der Waals surface area contributed by atoms with E-state index in [-0.39, 0.29) is 18.0 Å². The van der Waals surface area contributed by atoms with Crippen molar-refractivity contribution >= 4 is 15.9 Å². The number of carbonyl (C=O) groups excluding carboxylic acids is 1. The predicted octanol–water partition coefficient (Wildman–Crippen LogP) is 1.52. The fourth-order valence-corrected chi connectivity index (χ4v) is 4.76. The van der Waals surface area contributed by atoms with Gasteiger partial charge in [-0.05, 0) is 51.8 Å². The monoisotopic (exact) mass is 367 g/mol. The van der Waals surface area contributed by atoms with Crippen LogP contribution in [-0.2, 0) is 14.8 Å². The summed E-state index contributed by atoms with van der Waals surface area (Å²) in [6.07, 6.45) is 0. The molecule has 1 unspecified atom stereocenters. The first-order valence-electron chi connectivity index (χ1n) is 8.74. The Kier molecular flexibility index (Phi) is 6.24. The fraction of sp³-hybridized carbons (Fsp3) is 0.611. The normalized spacial score (nSPS) is 18.3. The second kappa shape index (κ2) is 7.85. The molecule has 25 heavy (non-hydrogen) atoms. The summed E-state index contributed by atoms with van der Waals surface area (Å²) in [6.45, 7) is 11.3. The Morgan fingerprint density at radius 3 is 2.24 bits per heavy atom. The molecule has 0 aromatic heterocycles. The minimum Gasteiger partial charge on any atom is -0.353 e. The van der Waals surface area contributed by atoms with Crippen LogP contribution in [0.25, 0.3) is 0 Å². The van der Waals surface area contributed by atoms with Gasteiger partial charge in [0.2, 0.25) is 15.9 Å². The Morgan fingerprint density at radius 1 is 1.08 bits per heavy atom. The van der Waals surface area contributed by atoms with Gasteiger partial charge in [0.25, 0.3) is 0 Å². The summed E-state index contributed by atoms with van der Waals surface area (Å²) in [7, 11) is -3.50. The Bertz CT molecular complexity index is 723. The molecule has 140 valence electrons. The van der Waals surface area contributed by atoms with Crippen LogP contribution >= 0.6 is 0 Å². The molecule has 1 heterocycles. The van der Waals surface area contributed by atoms with E-state index < -0.39 is 10.0 Å². The summed E-state index contributed by atoms with van der Waals surface area (Å²) < 4.78 is 27.4. The van der Waals surface area contributed by atoms with Gasteiger partial charge in [0, 0.05) is 32.2 Å². The van der Waals surface area contributed by atoms with E-state index in [0.717, 1.165) is 11.1 Å². The van der Waals surface area contributed by atoms with Gasteiger partial charge in [-0.2, -0.15) is 4.31 Å². The second-order valence-electron chi connectivity index (χ2n) is 7.05. The number of hydrogen-bond acceptors (Lipinski definition) is 4. The van der Waals surface area contributed by atoms with Gasteiger partial charge in [0.1, 0.15) is 0 Å². The molecule has 1 saturated heterocycles. The first-order chi connectivity index (χ1) is 11.6. The zero-order chi connectivity index (χ0) is 18.8. The lowest BCUT2D eigenvalue weighted by molar-refractivity contribution is -0.126. The van der Waals surface area contributed by atoms with Crippen LogP contribution in [0.15, 0.2) is 23.1 Å². The number of benzene rings is 1. The third kappa shape index (κ3) is 4.59. The summed E-state index contributed by atoms with van der Waals surface area (Å²) >= 11 is 0. The molecule has 0 aliphatic carbocycles. The van der Waals surface area contributed by atoms with Crippen molar-refractivity contribution in [1.82, 2.24) is 14.5 Å². The van der Waals surface area contributed by atoms with E-state index in [9.17, 15) is 13.2 Å². The molecule has 2 rings (SSSR count). The number of rotatable bonds is 5. The van der Waals surface area contributed by atoms with Gasteiger partial charge in [-0.15, -0.1) is 0 Å². The number of piperazine rings is 1. The van der Waals surface area contributed by atoms with E-state index in [0.29, 0.717) is 31.1 Å². The Balaban J connectivity index is 2.06. The number of aryl methyl sites for hydroxylation is 2. The van der Waals surface area contributed by atoms with Gasteiger partial charge < -0.3 is 5.32 Å². The molecule has 0 bridgehead atoms. The van der Waals surface area contributed by atoms with E-state index in [4.69, 9.17) is 0 Å². The number of nitrogens with one attached hydrogen (secondary N) is 1.